The van der Waals surface area contributed by atoms with Gasteiger partial charge in [0.15, 0.2) is 5.82 Å². The van der Waals surface area contributed by atoms with Crippen molar-refractivity contribution in [3.63, 3.8) is 0 Å². The van der Waals surface area contributed by atoms with Crippen LogP contribution in [0.2, 0.25) is 0 Å². The van der Waals surface area contributed by atoms with Crippen molar-refractivity contribution in [2.24, 2.45) is 0 Å². The molecule has 0 spiro atoms. The van der Waals surface area contributed by atoms with Gasteiger partial charge < -0.3 is 15.2 Å². The van der Waals surface area contributed by atoms with Gasteiger partial charge in [-0.3, -0.25) is 9.59 Å². The summed E-state index contributed by atoms with van der Waals surface area (Å²) in [6, 6.07) is -0.000498. The van der Waals surface area contributed by atoms with Crippen molar-refractivity contribution < 1.29 is 4.79 Å². The lowest BCUT2D eigenvalue weighted by molar-refractivity contribution is 0.0936. The normalized spacial score (nSPS) is 18.0. The Morgan fingerprint density at radius 3 is 3.00 bits per heavy atom. The van der Waals surface area contributed by atoms with Crippen LogP contribution in [0.3, 0.4) is 0 Å². The van der Waals surface area contributed by atoms with Crippen molar-refractivity contribution in [3.05, 3.63) is 38.3 Å². The molecule has 1 aliphatic heterocycles. The molecule has 0 aromatic carbocycles. The van der Waals surface area contributed by atoms with E-state index in [4.69, 9.17) is 0 Å². The van der Waals surface area contributed by atoms with Crippen LogP contribution in [0.25, 0.3) is 0 Å². The zero-order valence-electron chi connectivity index (χ0n) is 13.1. The smallest absolute Gasteiger partial charge is 0.290 e. The van der Waals surface area contributed by atoms with Gasteiger partial charge in [-0.15, -0.1) is 11.3 Å². The van der Waals surface area contributed by atoms with Crippen LogP contribution in [0.5, 0.6) is 0 Å². The molecule has 2 aromatic heterocycles. The molecule has 0 saturated carbocycles. The lowest BCUT2D eigenvalue weighted by Gasteiger charge is -2.33. The van der Waals surface area contributed by atoms with E-state index >= 15 is 0 Å². The minimum atomic E-state index is -0.201. The molecule has 8 heteroatoms. The van der Waals surface area contributed by atoms with Gasteiger partial charge in [-0.2, -0.15) is 0 Å². The van der Waals surface area contributed by atoms with Gasteiger partial charge in [0.05, 0.1) is 10.7 Å². The summed E-state index contributed by atoms with van der Waals surface area (Å²) in [4.78, 5) is 37.9. The molecule has 0 unspecified atom stereocenters. The predicted molar refractivity (Wildman–Crippen MR) is 89.1 cm³/mol. The molecule has 1 amide bonds. The van der Waals surface area contributed by atoms with Gasteiger partial charge in [-0.05, 0) is 26.7 Å². The Kier molecular flexibility index (Phi) is 4.42. The first-order valence-corrected chi connectivity index (χ1v) is 8.40. The van der Waals surface area contributed by atoms with Crippen LogP contribution in [0.1, 0.15) is 33.2 Å². The lowest BCUT2D eigenvalue weighted by Crippen LogP contribution is -2.49. The van der Waals surface area contributed by atoms with Gasteiger partial charge >= 0.3 is 0 Å². The Bertz CT molecular complexity index is 769. The van der Waals surface area contributed by atoms with Gasteiger partial charge in [0.1, 0.15) is 4.88 Å². The maximum Gasteiger partial charge on any atom is 0.290 e. The summed E-state index contributed by atoms with van der Waals surface area (Å²) >= 11 is 1.41. The third-order valence-corrected chi connectivity index (χ3v) is 4.93. The van der Waals surface area contributed by atoms with E-state index in [0.717, 1.165) is 30.1 Å². The Balaban J connectivity index is 1.70. The van der Waals surface area contributed by atoms with E-state index in [9.17, 15) is 9.59 Å². The molecule has 3 rings (SSSR count). The van der Waals surface area contributed by atoms with Crippen molar-refractivity contribution >= 4 is 23.1 Å². The minimum Gasteiger partial charge on any atom is -0.350 e. The lowest BCUT2D eigenvalue weighted by atomic mass is 10.1. The zero-order valence-corrected chi connectivity index (χ0v) is 13.9. The second-order valence-corrected chi connectivity index (χ2v) is 6.85. The molecular formula is C15H19N5O2S. The van der Waals surface area contributed by atoms with E-state index in [1.54, 1.807) is 6.20 Å². The quantitative estimate of drug-likeness (QED) is 0.882. The predicted octanol–water partition coefficient (Wildman–Crippen LogP) is 1.24. The Labute approximate surface area is 137 Å². The SMILES string of the molecule is Cc1nc(C)c(C(=O)N[C@H]2CCCN(c3ncc[nH]c3=O)C2)s1. The molecule has 2 N–H and O–H groups in total. The monoisotopic (exact) mass is 333 g/mol. The molecule has 3 heterocycles. The highest BCUT2D eigenvalue weighted by Gasteiger charge is 2.25. The standard InChI is InChI=1S/C15H19N5O2S/c1-9-12(23-10(2)18-9)14(21)19-11-4-3-7-20(8-11)13-15(22)17-6-5-16-13/h5-6,11H,3-4,7-8H2,1-2H3,(H,17,22)(H,19,21)/t11-/m0/s1. The first-order chi connectivity index (χ1) is 11.0. The fourth-order valence-corrected chi connectivity index (χ4v) is 3.67. The highest BCUT2D eigenvalue weighted by atomic mass is 32.1. The van der Waals surface area contributed by atoms with Crippen LogP contribution < -0.4 is 15.8 Å². The molecule has 0 bridgehead atoms. The zero-order chi connectivity index (χ0) is 16.4. The number of rotatable bonds is 3. The summed E-state index contributed by atoms with van der Waals surface area (Å²) in [5.74, 6) is 0.325. The summed E-state index contributed by atoms with van der Waals surface area (Å²) in [6.07, 6.45) is 4.89. The van der Waals surface area contributed by atoms with Crippen LogP contribution in [-0.4, -0.2) is 40.0 Å². The van der Waals surface area contributed by atoms with Crippen molar-refractivity contribution in [3.8, 4) is 0 Å². The van der Waals surface area contributed by atoms with E-state index in [1.165, 1.54) is 17.5 Å². The average molecular weight is 333 g/mol. The van der Waals surface area contributed by atoms with Crippen LogP contribution in [0.4, 0.5) is 5.82 Å². The molecule has 23 heavy (non-hydrogen) atoms. The van der Waals surface area contributed by atoms with Crippen molar-refractivity contribution in [1.29, 1.82) is 0 Å². The van der Waals surface area contributed by atoms with Gasteiger partial charge in [0.2, 0.25) is 0 Å². The summed E-state index contributed by atoms with van der Waals surface area (Å²) in [5, 5.41) is 3.95. The number of nitrogens with one attached hydrogen (secondary N) is 2. The Hall–Kier alpha value is -2.22. The third kappa shape index (κ3) is 3.42. The van der Waals surface area contributed by atoms with Crippen molar-refractivity contribution in [1.82, 2.24) is 20.3 Å². The van der Waals surface area contributed by atoms with Crippen LogP contribution in [0.15, 0.2) is 17.2 Å². The number of aryl methyl sites for hydroxylation is 2. The fourth-order valence-electron chi connectivity index (χ4n) is 2.85. The number of amides is 1. The highest BCUT2D eigenvalue weighted by molar-refractivity contribution is 7.13. The van der Waals surface area contributed by atoms with Gasteiger partial charge in [-0.25, -0.2) is 9.97 Å². The number of carbonyl (C=O) groups excluding carboxylic acids is 1. The fraction of sp³-hybridized carbons (Fsp3) is 0.467. The first kappa shape index (κ1) is 15.7. The van der Waals surface area contributed by atoms with Crippen molar-refractivity contribution in [2.75, 3.05) is 18.0 Å². The second kappa shape index (κ2) is 6.49. The van der Waals surface area contributed by atoms with Crippen molar-refractivity contribution in [2.45, 2.75) is 32.7 Å². The molecule has 7 nitrogen and oxygen atoms in total. The molecule has 0 aliphatic carbocycles. The second-order valence-electron chi connectivity index (χ2n) is 5.65. The number of hydrogen-bond acceptors (Lipinski definition) is 6. The molecule has 2 aromatic rings. The number of carbonyl (C=O) groups is 1. The number of aromatic nitrogens is 3. The number of H-pyrrole nitrogens is 1. The van der Waals surface area contributed by atoms with Crippen LogP contribution in [0, 0.1) is 13.8 Å². The average Bonchev–Trinajstić information content (AvgIpc) is 2.87. The molecule has 0 radical (unpaired) electrons. The maximum absolute atomic E-state index is 12.4. The minimum absolute atomic E-state index is 0.000498. The molecule has 1 fully saturated rings. The number of hydrogen-bond donors (Lipinski definition) is 2. The first-order valence-electron chi connectivity index (χ1n) is 7.58. The molecule has 1 atom stereocenters. The molecule has 1 saturated heterocycles. The molecular weight excluding hydrogens is 314 g/mol. The van der Waals surface area contributed by atoms with E-state index in [1.807, 2.05) is 18.7 Å². The number of thiazole rings is 1. The van der Waals surface area contributed by atoms with Gasteiger partial charge in [-0.1, -0.05) is 0 Å². The van der Waals surface area contributed by atoms with E-state index < -0.39 is 0 Å². The van der Waals surface area contributed by atoms with Gasteiger partial charge in [0.25, 0.3) is 11.5 Å². The highest BCUT2D eigenvalue weighted by Crippen LogP contribution is 2.19. The van der Waals surface area contributed by atoms with Crippen LogP contribution >= 0.6 is 11.3 Å². The van der Waals surface area contributed by atoms with E-state index in [2.05, 4.69) is 20.3 Å². The third-order valence-electron chi connectivity index (χ3n) is 3.85. The number of nitrogens with zero attached hydrogens (tertiary/aromatic N) is 3. The number of piperidine rings is 1. The molecule has 1 aliphatic rings. The van der Waals surface area contributed by atoms with Gasteiger partial charge in [0, 0.05) is 31.5 Å². The number of aromatic amines is 1. The summed E-state index contributed by atoms with van der Waals surface area (Å²) in [6.45, 7) is 5.09. The number of anilines is 1. The summed E-state index contributed by atoms with van der Waals surface area (Å²) in [5.41, 5.74) is 0.562. The van der Waals surface area contributed by atoms with E-state index in [0.29, 0.717) is 17.2 Å². The van der Waals surface area contributed by atoms with Crippen LogP contribution in [-0.2, 0) is 0 Å². The topological polar surface area (TPSA) is 91.0 Å². The van der Waals surface area contributed by atoms with E-state index in [-0.39, 0.29) is 17.5 Å². The Morgan fingerprint density at radius 1 is 1.48 bits per heavy atom. The summed E-state index contributed by atoms with van der Waals surface area (Å²) in [7, 11) is 0. The molecule has 122 valence electrons. The largest absolute Gasteiger partial charge is 0.350 e. The Morgan fingerprint density at radius 2 is 2.30 bits per heavy atom. The maximum atomic E-state index is 12.4. The summed E-state index contributed by atoms with van der Waals surface area (Å²) < 4.78 is 0.